The van der Waals surface area contributed by atoms with Gasteiger partial charge in [-0.3, -0.25) is 32.5 Å². The summed E-state index contributed by atoms with van der Waals surface area (Å²) in [5.74, 6) is -1.67. The number of unbranched alkanes of at least 4 members (excludes halogenated alkanes) is 15. The Hall–Kier alpha value is -5.87. The van der Waals surface area contributed by atoms with Crippen LogP contribution in [0.5, 0.6) is 0 Å². The van der Waals surface area contributed by atoms with E-state index in [1.165, 1.54) is 19.3 Å². The molecule has 105 heavy (non-hydrogen) atoms. The van der Waals surface area contributed by atoms with Crippen molar-refractivity contribution in [1.82, 2.24) is 0 Å². The van der Waals surface area contributed by atoms with Crippen LogP contribution < -0.4 is 0 Å². The van der Waals surface area contributed by atoms with E-state index >= 15 is 0 Å². The lowest BCUT2D eigenvalue weighted by atomic mass is 10.1. The van der Waals surface area contributed by atoms with E-state index in [9.17, 15) is 43.5 Å². The van der Waals surface area contributed by atoms with Gasteiger partial charge in [-0.2, -0.15) is 0 Å². The predicted octanol–water partition coefficient (Wildman–Crippen LogP) is 23.3. The van der Waals surface area contributed by atoms with Crippen LogP contribution in [0.2, 0.25) is 0 Å². The fourth-order valence-corrected chi connectivity index (χ4v) is 11.2. The van der Waals surface area contributed by atoms with E-state index in [4.69, 9.17) is 32.3 Å². The van der Waals surface area contributed by atoms with Gasteiger partial charge in [-0.05, 0) is 167 Å². The quantitative estimate of drug-likeness (QED) is 0.0146. The lowest BCUT2D eigenvalue weighted by Gasteiger charge is -2.21. The van der Waals surface area contributed by atoms with E-state index in [2.05, 4.69) is 227 Å². The van der Waals surface area contributed by atoms with E-state index < -0.39 is 91.5 Å². The number of carbonyl (C=O) groups excluding carboxylic acids is 3. The zero-order valence-corrected chi connectivity index (χ0v) is 66.3. The molecule has 0 fully saturated rings. The zero-order valence-electron chi connectivity index (χ0n) is 64.6. The highest BCUT2D eigenvalue weighted by molar-refractivity contribution is 7.47. The van der Waals surface area contributed by atoms with Crippen molar-refractivity contribution in [3.05, 3.63) is 207 Å². The molecule has 16 nitrogen and oxygen atoms in total. The Balaban J connectivity index is 4.75. The number of carbonyl (C=O) groups is 3. The number of phosphoric ester groups is 2. The number of esters is 3. The van der Waals surface area contributed by atoms with Gasteiger partial charge >= 0.3 is 33.6 Å². The van der Waals surface area contributed by atoms with Crippen LogP contribution >= 0.6 is 15.6 Å². The summed E-state index contributed by atoms with van der Waals surface area (Å²) in [6.45, 7) is 2.22. The number of hydrogen-bond donors (Lipinski definition) is 4. The van der Waals surface area contributed by atoms with Gasteiger partial charge in [0.05, 0.1) is 26.4 Å². The van der Waals surface area contributed by atoms with Crippen LogP contribution in [0, 0.1) is 0 Å². The van der Waals surface area contributed by atoms with Gasteiger partial charge in [0.15, 0.2) is 6.10 Å². The molecule has 0 bridgehead atoms. The lowest BCUT2D eigenvalue weighted by Crippen LogP contribution is -2.30. The maximum atomic E-state index is 13.0. The Morgan fingerprint density at radius 1 is 0.267 bits per heavy atom. The molecule has 5 atom stereocenters. The number of phosphoric acid groups is 2. The van der Waals surface area contributed by atoms with Crippen molar-refractivity contribution >= 4 is 33.6 Å². The third-order valence-corrected chi connectivity index (χ3v) is 17.4. The molecule has 0 aromatic carbocycles. The largest absolute Gasteiger partial charge is 0.472 e. The van der Waals surface area contributed by atoms with Crippen LogP contribution in [0.15, 0.2) is 207 Å². The lowest BCUT2D eigenvalue weighted by molar-refractivity contribution is -0.161. The molecule has 0 heterocycles. The molecule has 18 heteroatoms. The molecule has 4 N–H and O–H groups in total. The third-order valence-electron chi connectivity index (χ3n) is 15.5. The van der Waals surface area contributed by atoms with Crippen LogP contribution in [0.3, 0.4) is 0 Å². The first-order valence-corrected chi connectivity index (χ1v) is 42.4. The van der Waals surface area contributed by atoms with Crippen molar-refractivity contribution in [1.29, 1.82) is 0 Å². The molecule has 0 saturated carbocycles. The predicted molar refractivity (Wildman–Crippen MR) is 435 cm³/mol. The Labute approximate surface area is 635 Å². The normalized spacial score (nSPS) is 15.1. The third kappa shape index (κ3) is 79.0. The molecule has 0 aromatic rings. The zero-order chi connectivity index (χ0) is 76.6. The van der Waals surface area contributed by atoms with E-state index in [1.54, 1.807) is 0 Å². The first-order valence-electron chi connectivity index (χ1n) is 39.4. The second-order valence-electron chi connectivity index (χ2n) is 25.4. The van der Waals surface area contributed by atoms with E-state index in [0.717, 1.165) is 186 Å². The van der Waals surface area contributed by atoms with Crippen LogP contribution in [0.25, 0.3) is 0 Å². The molecule has 0 aliphatic heterocycles. The Kier molecular flexibility index (Phi) is 73.4. The highest BCUT2D eigenvalue weighted by Gasteiger charge is 2.29. The van der Waals surface area contributed by atoms with Crippen molar-refractivity contribution in [3.8, 4) is 0 Å². The fourth-order valence-electron chi connectivity index (χ4n) is 9.60. The van der Waals surface area contributed by atoms with Gasteiger partial charge in [0.2, 0.25) is 0 Å². The molecule has 592 valence electrons. The summed E-state index contributed by atoms with van der Waals surface area (Å²) in [5.41, 5.74) is 0. The van der Waals surface area contributed by atoms with Gasteiger partial charge in [0.1, 0.15) is 25.4 Å². The second kappa shape index (κ2) is 77.7. The van der Waals surface area contributed by atoms with Crippen molar-refractivity contribution in [2.45, 2.75) is 283 Å². The van der Waals surface area contributed by atoms with Gasteiger partial charge < -0.3 is 34.2 Å². The van der Waals surface area contributed by atoms with Gasteiger partial charge in [-0.15, -0.1) is 0 Å². The monoisotopic (exact) mass is 1500 g/mol. The highest BCUT2D eigenvalue weighted by atomic mass is 31.2. The SMILES string of the molecule is CC/C=C\C/C=C\C/C=C\C/C=C\C/C=C\C/C=C\CCCCCCCCCCC(=O)OCC(O)COP(=O)(O)OCC(O)COP(=O)(O)OCC(COC(=O)CCCC/C=C\C/C=C\C/C=C\C/C=C\C/C=C\C/C=C\CC)OC(=O)CCCCCCC/C=C\C/C=C\C/C=C\C/C=C\C/C=C\CC. The van der Waals surface area contributed by atoms with Crippen LogP contribution in [0.1, 0.15) is 265 Å². The van der Waals surface area contributed by atoms with Gasteiger partial charge in [-0.25, -0.2) is 9.13 Å². The smallest absolute Gasteiger partial charge is 0.463 e. The summed E-state index contributed by atoms with van der Waals surface area (Å²) in [6, 6.07) is 0. The molecular formula is C87H138O16P2. The summed E-state index contributed by atoms with van der Waals surface area (Å²) in [5, 5.41) is 20.7. The number of rotatable bonds is 72. The Bertz CT molecular complexity index is 2740. The molecule has 0 aliphatic carbocycles. The molecular weight excluding hydrogens is 1360 g/mol. The summed E-state index contributed by atoms with van der Waals surface area (Å²) in [6.07, 6.45) is 103. The second-order valence-corrected chi connectivity index (χ2v) is 28.3. The van der Waals surface area contributed by atoms with Gasteiger partial charge in [0.25, 0.3) is 0 Å². The van der Waals surface area contributed by atoms with Crippen LogP contribution in [-0.2, 0) is 55.8 Å². The maximum absolute atomic E-state index is 13.0. The van der Waals surface area contributed by atoms with Gasteiger partial charge in [-0.1, -0.05) is 285 Å². The first-order chi connectivity index (χ1) is 51.2. The summed E-state index contributed by atoms with van der Waals surface area (Å²) < 4.78 is 61.1. The molecule has 0 radical (unpaired) electrons. The molecule has 0 spiro atoms. The molecule has 0 amide bonds. The number of allylic oxidation sites excluding steroid dienone is 34. The number of aliphatic hydroxyl groups is 2. The number of aliphatic hydroxyl groups excluding tert-OH is 2. The average Bonchev–Trinajstić information content (AvgIpc) is 0.922. The van der Waals surface area contributed by atoms with Crippen LogP contribution in [0.4, 0.5) is 0 Å². The minimum atomic E-state index is -4.96. The van der Waals surface area contributed by atoms with Crippen molar-refractivity contribution in [2.24, 2.45) is 0 Å². The minimum absolute atomic E-state index is 0.0630. The van der Waals surface area contributed by atoms with Crippen molar-refractivity contribution in [2.75, 3.05) is 39.6 Å². The summed E-state index contributed by atoms with van der Waals surface area (Å²) in [4.78, 5) is 58.7. The maximum Gasteiger partial charge on any atom is 0.472 e. The Morgan fingerprint density at radius 3 is 0.771 bits per heavy atom. The molecule has 0 aliphatic rings. The minimum Gasteiger partial charge on any atom is -0.463 e. The Morgan fingerprint density at radius 2 is 0.476 bits per heavy atom. The molecule has 5 unspecified atom stereocenters. The fraction of sp³-hybridized carbons (Fsp3) is 0.575. The number of ether oxygens (including phenoxy) is 3. The number of hydrogen-bond acceptors (Lipinski definition) is 14. The first kappa shape index (κ1) is 99.1. The molecule has 0 rings (SSSR count). The van der Waals surface area contributed by atoms with Gasteiger partial charge in [0, 0.05) is 19.3 Å². The average molecular weight is 1500 g/mol. The van der Waals surface area contributed by atoms with Crippen molar-refractivity contribution in [3.63, 3.8) is 0 Å². The topological polar surface area (TPSA) is 231 Å². The summed E-state index contributed by atoms with van der Waals surface area (Å²) >= 11 is 0. The van der Waals surface area contributed by atoms with E-state index in [-0.39, 0.29) is 19.3 Å². The van der Waals surface area contributed by atoms with Crippen molar-refractivity contribution < 1.29 is 75.8 Å². The molecule has 0 saturated heterocycles. The summed E-state index contributed by atoms with van der Waals surface area (Å²) in [7, 11) is -9.84. The van der Waals surface area contributed by atoms with Crippen LogP contribution in [-0.4, -0.2) is 95.9 Å². The van der Waals surface area contributed by atoms with E-state index in [0.29, 0.717) is 19.3 Å². The molecule has 0 aromatic heterocycles. The standard InChI is InChI=1S/C87H138O16P2/c1-4-7-10-13-16-19-22-25-28-31-34-37-38-39-40-41-42-45-47-49-52-55-58-61-64-67-70-73-85(90)97-76-82(88)77-99-104(93,94)100-78-83(89)79-101-105(95,96)102-81-84(103-87(92)75-72-69-66-63-60-57-54-51-48-44-36-33-30-27-24-21-18-15-12-9-6-3)80-98-86(91)74-71-68-65-62-59-56-53-50-46-43-35-32-29-26-23-20-17-14-11-8-5-2/h7-12,16-21,25-30,34-37,39-40,42-45,50-51,53-54,59,62,82-84,88-89H,4-6,13-15,22-24,31-33,38,41,46-49,52,55-58,60-61,63-81H2,1-3H3,(H,93,94)(H,95,96)/b10-7-,11-8-,12-9-,19-16-,20-17-,21-18-,28-25-,29-26-,30-27-,37-34-,40-39-,43-35-,44-36-,45-42-,53-50-,54-51-,62-59-. The van der Waals surface area contributed by atoms with E-state index in [1.807, 2.05) is 0 Å². The highest BCUT2D eigenvalue weighted by Crippen LogP contribution is 2.45.